The smallest absolute Gasteiger partial charge is 0.122 e. The first-order valence-electron chi connectivity index (χ1n) is 6.20. The first kappa shape index (κ1) is 13.2. The van der Waals surface area contributed by atoms with E-state index in [0.717, 1.165) is 18.4 Å². The van der Waals surface area contributed by atoms with E-state index < -0.39 is 6.10 Å². The van der Waals surface area contributed by atoms with Crippen molar-refractivity contribution in [2.75, 3.05) is 14.2 Å². The molecule has 2 rings (SSSR count). The average Bonchev–Trinajstić information content (AvgIpc) is 2.83. The van der Waals surface area contributed by atoms with Crippen molar-refractivity contribution in [2.24, 2.45) is 0 Å². The van der Waals surface area contributed by atoms with Crippen LogP contribution in [0.25, 0.3) is 0 Å². The van der Waals surface area contributed by atoms with Crippen molar-refractivity contribution < 1.29 is 19.3 Å². The summed E-state index contributed by atoms with van der Waals surface area (Å²) in [6.07, 6.45) is 1.30. The lowest BCUT2D eigenvalue weighted by atomic mass is 10.0. The summed E-state index contributed by atoms with van der Waals surface area (Å²) in [4.78, 5) is 0. The summed E-state index contributed by atoms with van der Waals surface area (Å²) in [5.41, 5.74) is 0.769. The number of rotatable bonds is 4. The lowest BCUT2D eigenvalue weighted by molar-refractivity contribution is -0.0298. The molecular formula is C14H20O4. The highest BCUT2D eigenvalue weighted by Crippen LogP contribution is 2.33. The summed E-state index contributed by atoms with van der Waals surface area (Å²) >= 11 is 0. The van der Waals surface area contributed by atoms with E-state index in [9.17, 15) is 5.11 Å². The molecule has 0 aromatic heterocycles. The van der Waals surface area contributed by atoms with Gasteiger partial charge in [-0.1, -0.05) is 0 Å². The number of ether oxygens (including phenoxy) is 3. The zero-order valence-corrected chi connectivity index (χ0v) is 11.1. The van der Waals surface area contributed by atoms with Crippen LogP contribution in [0.3, 0.4) is 0 Å². The van der Waals surface area contributed by atoms with E-state index in [0.29, 0.717) is 11.5 Å². The number of aliphatic hydroxyl groups excluding tert-OH is 1. The van der Waals surface area contributed by atoms with Crippen LogP contribution in [-0.2, 0) is 4.74 Å². The fourth-order valence-corrected chi connectivity index (χ4v) is 2.28. The zero-order valence-electron chi connectivity index (χ0n) is 11.1. The monoisotopic (exact) mass is 252 g/mol. The van der Waals surface area contributed by atoms with Gasteiger partial charge in [-0.3, -0.25) is 0 Å². The van der Waals surface area contributed by atoms with Crippen LogP contribution >= 0.6 is 0 Å². The lowest BCUT2D eigenvalue weighted by Gasteiger charge is -2.20. The maximum atomic E-state index is 10.3. The van der Waals surface area contributed by atoms with E-state index in [1.807, 2.05) is 19.1 Å². The number of hydrogen-bond acceptors (Lipinski definition) is 4. The summed E-state index contributed by atoms with van der Waals surface area (Å²) < 4.78 is 16.1. The normalized spacial score (nSPS) is 24.9. The van der Waals surface area contributed by atoms with Gasteiger partial charge in [0.1, 0.15) is 17.6 Å². The van der Waals surface area contributed by atoms with Crippen molar-refractivity contribution in [3.63, 3.8) is 0 Å². The Bertz CT molecular complexity index is 383. The molecule has 0 spiro atoms. The molecule has 3 unspecified atom stereocenters. The Kier molecular flexibility index (Phi) is 4.09. The maximum absolute atomic E-state index is 10.3. The molecule has 1 aromatic carbocycles. The number of aliphatic hydroxyl groups is 1. The van der Waals surface area contributed by atoms with E-state index in [2.05, 4.69) is 0 Å². The van der Waals surface area contributed by atoms with Gasteiger partial charge in [-0.2, -0.15) is 0 Å². The third kappa shape index (κ3) is 2.76. The largest absolute Gasteiger partial charge is 0.497 e. The molecule has 1 heterocycles. The van der Waals surface area contributed by atoms with Gasteiger partial charge in [-0.25, -0.2) is 0 Å². The van der Waals surface area contributed by atoms with Gasteiger partial charge in [0.2, 0.25) is 0 Å². The third-order valence-electron chi connectivity index (χ3n) is 3.33. The van der Waals surface area contributed by atoms with Crippen LogP contribution in [0.15, 0.2) is 18.2 Å². The predicted octanol–water partition coefficient (Wildman–Crippen LogP) is 2.30. The second-order valence-corrected chi connectivity index (χ2v) is 4.65. The first-order valence-corrected chi connectivity index (χ1v) is 6.20. The van der Waals surface area contributed by atoms with Crippen LogP contribution in [-0.4, -0.2) is 31.5 Å². The van der Waals surface area contributed by atoms with Crippen LogP contribution in [0.1, 0.15) is 31.4 Å². The molecular weight excluding hydrogens is 232 g/mol. The van der Waals surface area contributed by atoms with Crippen molar-refractivity contribution in [2.45, 2.75) is 38.1 Å². The van der Waals surface area contributed by atoms with Crippen LogP contribution < -0.4 is 9.47 Å². The minimum Gasteiger partial charge on any atom is -0.497 e. The van der Waals surface area contributed by atoms with Gasteiger partial charge in [0.25, 0.3) is 0 Å². The van der Waals surface area contributed by atoms with Gasteiger partial charge < -0.3 is 19.3 Å². The lowest BCUT2D eigenvalue weighted by Crippen LogP contribution is -2.18. The van der Waals surface area contributed by atoms with Crippen molar-refractivity contribution in [3.05, 3.63) is 23.8 Å². The molecule has 1 fully saturated rings. The molecule has 18 heavy (non-hydrogen) atoms. The van der Waals surface area contributed by atoms with E-state index in [-0.39, 0.29) is 12.2 Å². The third-order valence-corrected chi connectivity index (χ3v) is 3.33. The molecule has 4 heteroatoms. The van der Waals surface area contributed by atoms with Crippen LogP contribution in [0.2, 0.25) is 0 Å². The molecule has 0 amide bonds. The first-order chi connectivity index (χ1) is 8.63. The molecule has 1 aliphatic heterocycles. The molecule has 0 saturated carbocycles. The van der Waals surface area contributed by atoms with E-state index in [1.54, 1.807) is 20.3 Å². The molecule has 1 aromatic rings. The Morgan fingerprint density at radius 1 is 1.17 bits per heavy atom. The molecule has 1 N–H and O–H groups in total. The van der Waals surface area contributed by atoms with Gasteiger partial charge in [0.15, 0.2) is 0 Å². The van der Waals surface area contributed by atoms with Gasteiger partial charge in [-0.15, -0.1) is 0 Å². The van der Waals surface area contributed by atoms with Crippen LogP contribution in [0, 0.1) is 0 Å². The minimum atomic E-state index is -0.640. The maximum Gasteiger partial charge on any atom is 0.122 e. The Hall–Kier alpha value is -1.26. The fraction of sp³-hybridized carbons (Fsp3) is 0.571. The van der Waals surface area contributed by atoms with E-state index in [4.69, 9.17) is 14.2 Å². The van der Waals surface area contributed by atoms with Gasteiger partial charge in [-0.05, 0) is 37.5 Å². The Morgan fingerprint density at radius 3 is 2.22 bits per heavy atom. The molecule has 4 nitrogen and oxygen atoms in total. The van der Waals surface area contributed by atoms with Crippen LogP contribution in [0.4, 0.5) is 0 Å². The summed E-state index contributed by atoms with van der Waals surface area (Å²) in [7, 11) is 3.19. The van der Waals surface area contributed by atoms with Crippen LogP contribution in [0.5, 0.6) is 11.5 Å². The number of hydrogen-bond donors (Lipinski definition) is 1. The topological polar surface area (TPSA) is 47.9 Å². The Balaban J connectivity index is 2.20. The average molecular weight is 252 g/mol. The number of benzene rings is 1. The highest BCUT2D eigenvalue weighted by atomic mass is 16.5. The highest BCUT2D eigenvalue weighted by molar-refractivity contribution is 5.39. The molecule has 0 radical (unpaired) electrons. The Labute approximate surface area is 107 Å². The standard InChI is InChI=1S/C14H20O4/c1-9-4-5-13(18-9)14(15)10-6-11(16-2)8-12(7-10)17-3/h6-9,13-15H,4-5H2,1-3H3. The minimum absolute atomic E-state index is 0.142. The van der Waals surface area contributed by atoms with Gasteiger partial charge >= 0.3 is 0 Å². The molecule has 3 atom stereocenters. The van der Waals surface area contributed by atoms with E-state index >= 15 is 0 Å². The van der Waals surface area contributed by atoms with E-state index in [1.165, 1.54) is 0 Å². The molecule has 0 bridgehead atoms. The quantitative estimate of drug-likeness (QED) is 0.893. The summed E-state index contributed by atoms with van der Waals surface area (Å²) in [5.74, 6) is 1.35. The Morgan fingerprint density at radius 2 is 1.78 bits per heavy atom. The summed E-state index contributed by atoms with van der Waals surface area (Å²) in [5, 5.41) is 10.3. The summed E-state index contributed by atoms with van der Waals surface area (Å²) in [6.45, 7) is 2.03. The van der Waals surface area contributed by atoms with Crippen molar-refractivity contribution in [1.82, 2.24) is 0 Å². The zero-order chi connectivity index (χ0) is 13.1. The molecule has 1 saturated heterocycles. The highest BCUT2D eigenvalue weighted by Gasteiger charge is 2.29. The summed E-state index contributed by atoms with van der Waals surface area (Å²) in [6, 6.07) is 5.42. The molecule has 0 aliphatic carbocycles. The van der Waals surface area contributed by atoms with Gasteiger partial charge in [0.05, 0.1) is 26.4 Å². The fourth-order valence-electron chi connectivity index (χ4n) is 2.28. The van der Waals surface area contributed by atoms with Crippen molar-refractivity contribution in [1.29, 1.82) is 0 Å². The predicted molar refractivity (Wildman–Crippen MR) is 68.1 cm³/mol. The second kappa shape index (κ2) is 5.59. The van der Waals surface area contributed by atoms with Crippen molar-refractivity contribution >= 4 is 0 Å². The second-order valence-electron chi connectivity index (χ2n) is 4.65. The number of methoxy groups -OCH3 is 2. The van der Waals surface area contributed by atoms with Gasteiger partial charge in [0, 0.05) is 6.07 Å². The molecule has 1 aliphatic rings. The van der Waals surface area contributed by atoms with Crippen molar-refractivity contribution in [3.8, 4) is 11.5 Å². The SMILES string of the molecule is COc1cc(OC)cc(C(O)C2CCC(C)O2)c1. The molecule has 100 valence electrons.